The van der Waals surface area contributed by atoms with Gasteiger partial charge in [0.15, 0.2) is 16.1 Å². The molecule has 0 unspecified atom stereocenters. The molecule has 0 amide bonds. The molecule has 1 saturated heterocycles. The lowest BCUT2D eigenvalue weighted by Crippen LogP contribution is -2.12. The second kappa shape index (κ2) is 6.68. The third-order valence-electron chi connectivity index (χ3n) is 3.70. The maximum Gasteiger partial charge on any atom is 0.274 e. The van der Waals surface area contributed by atoms with E-state index in [9.17, 15) is 18.5 Å². The minimum atomic E-state index is -3.74. The summed E-state index contributed by atoms with van der Waals surface area (Å²) in [4.78, 5) is 10.9. The average Bonchev–Trinajstić information content (AvgIpc) is 3.09. The second-order valence-corrected chi connectivity index (χ2v) is 7.24. The molecule has 0 spiro atoms. The number of benzene rings is 2. The molecule has 0 N–H and O–H groups in total. The van der Waals surface area contributed by atoms with Gasteiger partial charge >= 0.3 is 0 Å². The zero-order chi connectivity index (χ0) is 17.2. The van der Waals surface area contributed by atoms with E-state index in [1.54, 1.807) is 24.3 Å². The van der Waals surface area contributed by atoms with Gasteiger partial charge in [-0.25, -0.2) is 8.42 Å². The Kier molecular flexibility index (Phi) is 4.61. The van der Waals surface area contributed by atoms with Gasteiger partial charge in [-0.1, -0.05) is 30.3 Å². The van der Waals surface area contributed by atoms with Crippen molar-refractivity contribution in [2.24, 2.45) is 0 Å². The minimum Gasteiger partial charge on any atom is -0.346 e. The number of nitro groups is 1. The van der Waals surface area contributed by atoms with Crippen LogP contribution in [0.3, 0.4) is 0 Å². The maximum absolute atomic E-state index is 12.6. The van der Waals surface area contributed by atoms with Crippen LogP contribution in [0.5, 0.6) is 0 Å². The number of nitrogens with zero attached hydrogens (tertiary/aromatic N) is 1. The highest BCUT2D eigenvalue weighted by atomic mass is 32.2. The van der Waals surface area contributed by atoms with Crippen LogP contribution in [-0.2, 0) is 25.1 Å². The molecule has 0 bridgehead atoms. The third kappa shape index (κ3) is 3.30. The number of rotatable bonds is 5. The summed E-state index contributed by atoms with van der Waals surface area (Å²) in [6.07, 6.45) is -0.786. The molecule has 126 valence electrons. The monoisotopic (exact) mass is 349 g/mol. The van der Waals surface area contributed by atoms with Crippen LogP contribution >= 0.6 is 0 Å². The summed E-state index contributed by atoms with van der Waals surface area (Å²) < 4.78 is 36.1. The van der Waals surface area contributed by atoms with E-state index in [2.05, 4.69) is 0 Å². The zero-order valence-corrected chi connectivity index (χ0v) is 13.4. The molecule has 2 aromatic carbocycles. The van der Waals surface area contributed by atoms with Gasteiger partial charge in [-0.2, -0.15) is 0 Å². The summed E-state index contributed by atoms with van der Waals surface area (Å²) in [6, 6.07) is 12.2. The van der Waals surface area contributed by atoms with Gasteiger partial charge in [-0.3, -0.25) is 10.1 Å². The molecule has 8 heteroatoms. The fraction of sp³-hybridized carbons (Fsp3) is 0.250. The highest BCUT2D eigenvalue weighted by Crippen LogP contribution is 2.34. The molecule has 0 aliphatic carbocycles. The van der Waals surface area contributed by atoms with E-state index in [4.69, 9.17) is 9.47 Å². The summed E-state index contributed by atoms with van der Waals surface area (Å²) in [5, 5.41) is 11.3. The molecular formula is C16H15NO6S. The van der Waals surface area contributed by atoms with Gasteiger partial charge in [0.2, 0.25) is 0 Å². The maximum atomic E-state index is 12.6. The molecule has 2 aromatic rings. The van der Waals surface area contributed by atoms with E-state index in [-0.39, 0.29) is 16.1 Å². The summed E-state index contributed by atoms with van der Waals surface area (Å²) >= 11 is 0. The van der Waals surface area contributed by atoms with Crippen LogP contribution < -0.4 is 0 Å². The van der Waals surface area contributed by atoms with Gasteiger partial charge in [0, 0.05) is 11.6 Å². The van der Waals surface area contributed by atoms with Gasteiger partial charge in [0.05, 0.1) is 34.3 Å². The smallest absolute Gasteiger partial charge is 0.274 e. The Bertz CT molecular complexity index is 844. The molecule has 7 nitrogen and oxygen atoms in total. The van der Waals surface area contributed by atoms with Gasteiger partial charge in [-0.15, -0.1) is 0 Å². The molecule has 1 fully saturated rings. The topological polar surface area (TPSA) is 95.7 Å². The van der Waals surface area contributed by atoms with Crippen LogP contribution in [0.25, 0.3) is 0 Å². The van der Waals surface area contributed by atoms with E-state index in [0.717, 1.165) is 0 Å². The number of hydrogen-bond acceptors (Lipinski definition) is 6. The lowest BCUT2D eigenvalue weighted by Gasteiger charge is -2.15. The van der Waals surface area contributed by atoms with E-state index >= 15 is 0 Å². The Hall–Kier alpha value is -2.29. The summed E-state index contributed by atoms with van der Waals surface area (Å²) in [5.41, 5.74) is 0.213. The van der Waals surface area contributed by atoms with E-state index in [0.29, 0.717) is 18.8 Å². The number of sulfone groups is 1. The standard InChI is InChI=1S/C16H15NO6S/c18-17(19)15-8-4-7-13(16-22-9-10-23-16)14(15)11-24(20,21)12-5-2-1-3-6-12/h1-8,16H,9-11H2. The fourth-order valence-corrected chi connectivity index (χ4v) is 4.01. The Morgan fingerprint density at radius 2 is 1.71 bits per heavy atom. The van der Waals surface area contributed by atoms with Crippen LogP contribution in [0, 0.1) is 10.1 Å². The van der Waals surface area contributed by atoms with E-state index in [1.165, 1.54) is 24.3 Å². The normalized spacial score (nSPS) is 15.5. The number of nitro benzene ring substituents is 1. The number of ether oxygens (including phenoxy) is 2. The van der Waals surface area contributed by atoms with Gasteiger partial charge < -0.3 is 9.47 Å². The first-order chi connectivity index (χ1) is 11.5. The van der Waals surface area contributed by atoms with Crippen molar-refractivity contribution in [2.45, 2.75) is 16.9 Å². The van der Waals surface area contributed by atoms with Crippen LogP contribution in [0.1, 0.15) is 17.4 Å². The molecule has 0 atom stereocenters. The summed E-state index contributed by atoms with van der Waals surface area (Å²) in [7, 11) is -3.74. The lowest BCUT2D eigenvalue weighted by molar-refractivity contribution is -0.385. The van der Waals surface area contributed by atoms with E-state index < -0.39 is 26.8 Å². The second-order valence-electron chi connectivity index (χ2n) is 5.25. The molecule has 0 aromatic heterocycles. The molecular weight excluding hydrogens is 334 g/mol. The fourth-order valence-electron chi connectivity index (χ4n) is 2.58. The average molecular weight is 349 g/mol. The number of hydrogen-bond donors (Lipinski definition) is 0. The van der Waals surface area contributed by atoms with Crippen molar-refractivity contribution in [1.29, 1.82) is 0 Å². The Balaban J connectivity index is 2.07. The van der Waals surface area contributed by atoms with Crippen molar-refractivity contribution in [3.05, 3.63) is 69.8 Å². The predicted molar refractivity (Wildman–Crippen MR) is 85.1 cm³/mol. The molecule has 1 aliphatic heterocycles. The van der Waals surface area contributed by atoms with Crippen molar-refractivity contribution in [3.63, 3.8) is 0 Å². The van der Waals surface area contributed by atoms with Gasteiger partial charge in [-0.05, 0) is 12.1 Å². The third-order valence-corrected chi connectivity index (χ3v) is 5.36. The van der Waals surface area contributed by atoms with Crippen molar-refractivity contribution in [2.75, 3.05) is 13.2 Å². The van der Waals surface area contributed by atoms with Crippen molar-refractivity contribution < 1.29 is 22.8 Å². The Morgan fingerprint density at radius 3 is 2.33 bits per heavy atom. The van der Waals surface area contributed by atoms with Crippen LogP contribution in [0.2, 0.25) is 0 Å². The first kappa shape index (κ1) is 16.6. The Morgan fingerprint density at radius 1 is 1.04 bits per heavy atom. The minimum absolute atomic E-state index is 0.0956. The van der Waals surface area contributed by atoms with Gasteiger partial charge in [0.25, 0.3) is 5.69 Å². The summed E-state index contributed by atoms with van der Waals surface area (Å²) in [6.45, 7) is 0.719. The molecule has 0 radical (unpaired) electrons. The SMILES string of the molecule is O=[N+]([O-])c1cccc(C2OCCO2)c1CS(=O)(=O)c1ccccc1. The first-order valence-corrected chi connectivity index (χ1v) is 8.91. The van der Waals surface area contributed by atoms with E-state index in [1.807, 2.05) is 0 Å². The highest BCUT2D eigenvalue weighted by molar-refractivity contribution is 7.90. The van der Waals surface area contributed by atoms with Crippen molar-refractivity contribution >= 4 is 15.5 Å². The molecule has 1 heterocycles. The van der Waals surface area contributed by atoms with Crippen molar-refractivity contribution in [3.8, 4) is 0 Å². The molecule has 3 rings (SSSR count). The first-order valence-electron chi connectivity index (χ1n) is 7.26. The van der Waals surface area contributed by atoms with Crippen LogP contribution in [0.15, 0.2) is 53.4 Å². The summed E-state index contributed by atoms with van der Waals surface area (Å²) in [5.74, 6) is -0.493. The zero-order valence-electron chi connectivity index (χ0n) is 12.6. The van der Waals surface area contributed by atoms with Crippen molar-refractivity contribution in [1.82, 2.24) is 0 Å². The predicted octanol–water partition coefficient (Wildman–Crippen LogP) is 2.61. The molecule has 1 aliphatic rings. The van der Waals surface area contributed by atoms with Crippen LogP contribution in [0.4, 0.5) is 5.69 Å². The highest BCUT2D eigenvalue weighted by Gasteiger charge is 2.30. The van der Waals surface area contributed by atoms with Gasteiger partial charge in [0.1, 0.15) is 0 Å². The Labute approximate surface area is 138 Å². The quantitative estimate of drug-likeness (QED) is 0.608. The largest absolute Gasteiger partial charge is 0.346 e. The molecule has 0 saturated carbocycles. The van der Waals surface area contributed by atoms with Crippen LogP contribution in [-0.4, -0.2) is 26.6 Å². The molecule has 24 heavy (non-hydrogen) atoms. The lowest BCUT2D eigenvalue weighted by atomic mass is 10.1.